The second kappa shape index (κ2) is 5.45. The van der Waals surface area contributed by atoms with E-state index in [0.29, 0.717) is 12.1 Å². The summed E-state index contributed by atoms with van der Waals surface area (Å²) >= 11 is 0. The number of hydrogen-bond donors (Lipinski definition) is 1. The van der Waals surface area contributed by atoms with Gasteiger partial charge < -0.3 is 15.2 Å². The molecule has 4 unspecified atom stereocenters. The summed E-state index contributed by atoms with van der Waals surface area (Å²) in [5, 5.41) is 0. The van der Waals surface area contributed by atoms with Crippen LogP contribution in [0.3, 0.4) is 0 Å². The fraction of sp³-hybridized carbons (Fsp3) is 1.00. The summed E-state index contributed by atoms with van der Waals surface area (Å²) in [6, 6.07) is 0.869. The van der Waals surface area contributed by atoms with Crippen molar-refractivity contribution in [3.05, 3.63) is 0 Å². The summed E-state index contributed by atoms with van der Waals surface area (Å²) in [5.74, 6) is 0. The zero-order valence-electron chi connectivity index (χ0n) is 10.4. The van der Waals surface area contributed by atoms with E-state index in [-0.39, 0.29) is 12.2 Å². The molecule has 16 heavy (non-hydrogen) atoms. The number of rotatable bonds is 3. The molecule has 2 rings (SSSR count). The summed E-state index contributed by atoms with van der Waals surface area (Å²) in [6.45, 7) is 1.93. The Kier molecular flexibility index (Phi) is 4.19. The second-order valence-corrected chi connectivity index (χ2v) is 5.02. The molecule has 2 N–H and O–H groups in total. The van der Waals surface area contributed by atoms with Gasteiger partial charge in [-0.05, 0) is 12.8 Å². The molecule has 0 aromatic heterocycles. The first-order valence-electron chi connectivity index (χ1n) is 6.31. The Bertz CT molecular complexity index is 213. The van der Waals surface area contributed by atoms with Crippen molar-refractivity contribution in [1.29, 1.82) is 0 Å². The minimum Gasteiger partial charge on any atom is -0.377 e. The van der Waals surface area contributed by atoms with Crippen molar-refractivity contribution in [2.45, 2.75) is 50.0 Å². The van der Waals surface area contributed by atoms with Crippen molar-refractivity contribution in [2.75, 3.05) is 27.3 Å². The lowest BCUT2D eigenvalue weighted by atomic mass is 9.90. The van der Waals surface area contributed by atoms with E-state index in [9.17, 15) is 0 Å². The lowest BCUT2D eigenvalue weighted by Crippen LogP contribution is -2.49. The molecule has 2 fully saturated rings. The maximum Gasteiger partial charge on any atom is 0.0971 e. The first-order valence-corrected chi connectivity index (χ1v) is 6.31. The maximum atomic E-state index is 6.21. The summed E-state index contributed by atoms with van der Waals surface area (Å²) in [4.78, 5) is 2.46. The molecule has 0 bridgehead atoms. The van der Waals surface area contributed by atoms with Crippen LogP contribution in [0.4, 0.5) is 0 Å². The van der Waals surface area contributed by atoms with Gasteiger partial charge in [0.2, 0.25) is 0 Å². The lowest BCUT2D eigenvalue weighted by Gasteiger charge is -2.35. The number of hydrogen-bond acceptors (Lipinski definition) is 4. The molecule has 1 aliphatic carbocycles. The van der Waals surface area contributed by atoms with Gasteiger partial charge in [0, 0.05) is 39.4 Å². The van der Waals surface area contributed by atoms with Crippen molar-refractivity contribution in [3.63, 3.8) is 0 Å². The first kappa shape index (κ1) is 12.3. The monoisotopic (exact) mass is 228 g/mol. The molecule has 0 amide bonds. The van der Waals surface area contributed by atoms with Gasteiger partial charge in [-0.25, -0.2) is 0 Å². The van der Waals surface area contributed by atoms with E-state index in [2.05, 4.69) is 4.90 Å². The Hall–Kier alpha value is -0.160. The third-order valence-corrected chi connectivity index (χ3v) is 4.10. The fourth-order valence-electron chi connectivity index (χ4n) is 3.09. The number of likely N-dealkylation sites (tertiary alicyclic amines) is 1. The Morgan fingerprint density at radius 2 is 1.56 bits per heavy atom. The third-order valence-electron chi connectivity index (χ3n) is 4.10. The average Bonchev–Trinajstić information content (AvgIpc) is 2.72. The molecular formula is C12H24N2O2. The topological polar surface area (TPSA) is 47.7 Å². The van der Waals surface area contributed by atoms with E-state index in [4.69, 9.17) is 15.2 Å². The number of nitrogens with two attached hydrogens (primary N) is 1. The van der Waals surface area contributed by atoms with Crippen LogP contribution < -0.4 is 5.73 Å². The van der Waals surface area contributed by atoms with E-state index in [1.165, 1.54) is 19.3 Å². The van der Waals surface area contributed by atoms with E-state index < -0.39 is 0 Å². The van der Waals surface area contributed by atoms with Gasteiger partial charge in [-0.1, -0.05) is 12.8 Å². The van der Waals surface area contributed by atoms with Gasteiger partial charge in [0.1, 0.15) is 0 Å². The highest BCUT2D eigenvalue weighted by Gasteiger charge is 2.38. The van der Waals surface area contributed by atoms with Crippen LogP contribution in [-0.2, 0) is 9.47 Å². The SMILES string of the molecule is COC1CN(C2CCCCC2N)CC1OC. The molecule has 1 aliphatic heterocycles. The van der Waals surface area contributed by atoms with Crippen LogP contribution in [0.5, 0.6) is 0 Å². The Morgan fingerprint density at radius 3 is 2.06 bits per heavy atom. The van der Waals surface area contributed by atoms with Gasteiger partial charge in [0.15, 0.2) is 0 Å². The minimum absolute atomic E-state index is 0.208. The van der Waals surface area contributed by atoms with Crippen molar-refractivity contribution in [2.24, 2.45) is 5.73 Å². The predicted octanol–water partition coefficient (Wildman–Crippen LogP) is 0.602. The van der Waals surface area contributed by atoms with Gasteiger partial charge in [0.25, 0.3) is 0 Å². The molecule has 2 aliphatic rings. The van der Waals surface area contributed by atoms with Crippen molar-refractivity contribution < 1.29 is 9.47 Å². The molecule has 1 saturated carbocycles. The highest BCUT2D eigenvalue weighted by Crippen LogP contribution is 2.26. The molecule has 0 spiro atoms. The van der Waals surface area contributed by atoms with E-state index >= 15 is 0 Å². The lowest BCUT2D eigenvalue weighted by molar-refractivity contribution is -0.00461. The molecule has 0 aromatic rings. The number of nitrogens with zero attached hydrogens (tertiary/aromatic N) is 1. The van der Waals surface area contributed by atoms with Gasteiger partial charge in [-0.15, -0.1) is 0 Å². The Labute approximate surface area is 98.1 Å². The normalized spacial score (nSPS) is 41.4. The summed E-state index contributed by atoms with van der Waals surface area (Å²) < 4.78 is 10.9. The molecule has 0 radical (unpaired) electrons. The molecule has 94 valence electrons. The zero-order chi connectivity index (χ0) is 11.5. The van der Waals surface area contributed by atoms with Crippen LogP contribution in [0.1, 0.15) is 25.7 Å². The summed E-state index contributed by atoms with van der Waals surface area (Å²) in [7, 11) is 3.53. The average molecular weight is 228 g/mol. The Morgan fingerprint density at radius 1 is 1.00 bits per heavy atom. The molecule has 4 atom stereocenters. The third kappa shape index (κ3) is 2.40. The number of methoxy groups -OCH3 is 2. The fourth-order valence-corrected chi connectivity index (χ4v) is 3.09. The zero-order valence-corrected chi connectivity index (χ0v) is 10.4. The van der Waals surface area contributed by atoms with E-state index in [0.717, 1.165) is 19.5 Å². The van der Waals surface area contributed by atoms with Crippen molar-refractivity contribution >= 4 is 0 Å². The summed E-state index contributed by atoms with van der Waals surface area (Å²) in [5.41, 5.74) is 6.21. The minimum atomic E-state index is 0.208. The van der Waals surface area contributed by atoms with Crippen molar-refractivity contribution in [1.82, 2.24) is 4.90 Å². The van der Waals surface area contributed by atoms with Crippen LogP contribution >= 0.6 is 0 Å². The highest BCUT2D eigenvalue weighted by molar-refractivity contribution is 4.94. The smallest absolute Gasteiger partial charge is 0.0971 e. The second-order valence-electron chi connectivity index (χ2n) is 5.02. The maximum absolute atomic E-state index is 6.21. The quantitative estimate of drug-likeness (QED) is 0.768. The van der Waals surface area contributed by atoms with E-state index in [1.807, 2.05) is 0 Å². The van der Waals surface area contributed by atoms with Crippen LogP contribution in [0.2, 0.25) is 0 Å². The molecule has 4 nitrogen and oxygen atoms in total. The van der Waals surface area contributed by atoms with E-state index in [1.54, 1.807) is 14.2 Å². The highest BCUT2D eigenvalue weighted by atomic mass is 16.5. The number of ether oxygens (including phenoxy) is 2. The predicted molar refractivity (Wildman–Crippen MR) is 63.4 cm³/mol. The van der Waals surface area contributed by atoms with Gasteiger partial charge in [0.05, 0.1) is 12.2 Å². The van der Waals surface area contributed by atoms with Crippen LogP contribution in [-0.4, -0.2) is 56.5 Å². The molecule has 1 saturated heterocycles. The molecular weight excluding hydrogens is 204 g/mol. The van der Waals surface area contributed by atoms with Gasteiger partial charge >= 0.3 is 0 Å². The van der Waals surface area contributed by atoms with Gasteiger partial charge in [-0.3, -0.25) is 4.90 Å². The first-order chi connectivity index (χ1) is 7.76. The Balaban J connectivity index is 1.95. The standard InChI is InChI=1S/C12H24N2O2/c1-15-11-7-14(8-12(11)16-2)10-6-4-3-5-9(10)13/h9-12H,3-8,13H2,1-2H3. The molecule has 4 heteroatoms. The van der Waals surface area contributed by atoms with Crippen LogP contribution in [0, 0.1) is 0 Å². The molecule has 1 heterocycles. The van der Waals surface area contributed by atoms with Crippen LogP contribution in [0.25, 0.3) is 0 Å². The summed E-state index contributed by atoms with van der Waals surface area (Å²) in [6.07, 6.45) is 5.40. The van der Waals surface area contributed by atoms with Gasteiger partial charge in [-0.2, -0.15) is 0 Å². The van der Waals surface area contributed by atoms with Crippen molar-refractivity contribution in [3.8, 4) is 0 Å². The van der Waals surface area contributed by atoms with Crippen LogP contribution in [0.15, 0.2) is 0 Å². The molecule has 0 aromatic carbocycles. The largest absolute Gasteiger partial charge is 0.377 e.